The molecule has 2 N–H and O–H groups in total. The maximum absolute atomic E-state index is 12.8. The highest BCUT2D eigenvalue weighted by atomic mass is 19.4. The van der Waals surface area contributed by atoms with E-state index < -0.39 is 17.8 Å². The first-order chi connectivity index (χ1) is 13.2. The molecule has 2 rings (SSSR count). The number of imide groups is 1. The summed E-state index contributed by atoms with van der Waals surface area (Å²) in [5.74, 6) is -0.368. The highest BCUT2D eigenvalue weighted by molar-refractivity contribution is 5.95. The van der Waals surface area contributed by atoms with E-state index in [0.717, 1.165) is 12.5 Å². The van der Waals surface area contributed by atoms with Gasteiger partial charge in [0.25, 0.3) is 0 Å². The first-order valence-corrected chi connectivity index (χ1v) is 9.38. The lowest BCUT2D eigenvalue weighted by atomic mass is 10.1. The Bertz CT molecular complexity index is 673. The minimum atomic E-state index is -4.34. The van der Waals surface area contributed by atoms with Crippen LogP contribution in [0.2, 0.25) is 0 Å². The zero-order chi connectivity index (χ0) is 20.7. The van der Waals surface area contributed by atoms with E-state index in [0.29, 0.717) is 38.3 Å². The van der Waals surface area contributed by atoms with Gasteiger partial charge < -0.3 is 5.32 Å². The van der Waals surface area contributed by atoms with Gasteiger partial charge in [-0.15, -0.1) is 0 Å². The average molecular weight is 400 g/mol. The fourth-order valence-corrected chi connectivity index (χ4v) is 2.94. The minimum Gasteiger partial charge on any atom is -0.335 e. The Labute approximate surface area is 163 Å². The van der Waals surface area contributed by atoms with Gasteiger partial charge in [0.15, 0.2) is 0 Å². The zero-order valence-electron chi connectivity index (χ0n) is 16.2. The molecule has 1 saturated heterocycles. The van der Waals surface area contributed by atoms with Crippen LogP contribution < -0.4 is 10.6 Å². The van der Waals surface area contributed by atoms with Crippen molar-refractivity contribution in [2.24, 2.45) is 0 Å². The normalized spacial score (nSPS) is 17.2. The van der Waals surface area contributed by atoms with Crippen LogP contribution in [0.4, 0.5) is 18.0 Å². The smallest absolute Gasteiger partial charge is 0.335 e. The molecule has 0 bridgehead atoms. The van der Waals surface area contributed by atoms with Crippen molar-refractivity contribution < 1.29 is 22.8 Å². The van der Waals surface area contributed by atoms with Gasteiger partial charge in [-0.2, -0.15) is 13.2 Å². The zero-order valence-corrected chi connectivity index (χ0v) is 16.2. The molecule has 0 unspecified atom stereocenters. The van der Waals surface area contributed by atoms with Crippen molar-refractivity contribution in [1.82, 2.24) is 20.4 Å². The van der Waals surface area contributed by atoms with Gasteiger partial charge in [0.2, 0.25) is 5.91 Å². The molecular weight excluding hydrogens is 373 g/mol. The molecule has 0 aliphatic carbocycles. The molecule has 156 valence electrons. The second kappa shape index (κ2) is 9.88. The highest BCUT2D eigenvalue weighted by Crippen LogP contribution is 2.29. The van der Waals surface area contributed by atoms with Gasteiger partial charge in [-0.3, -0.25) is 19.9 Å². The van der Waals surface area contributed by atoms with Crippen LogP contribution in [0, 0.1) is 0 Å². The Morgan fingerprint density at radius 1 is 1.14 bits per heavy atom. The predicted molar refractivity (Wildman–Crippen MR) is 99.6 cm³/mol. The number of rotatable bonds is 6. The number of piperazine rings is 1. The summed E-state index contributed by atoms with van der Waals surface area (Å²) in [7, 11) is 0. The molecular formula is C19H27F3N4O2. The van der Waals surface area contributed by atoms with Crippen LogP contribution in [-0.2, 0) is 17.5 Å². The molecule has 9 heteroatoms. The number of benzene rings is 1. The van der Waals surface area contributed by atoms with E-state index in [-0.39, 0.29) is 18.5 Å². The molecule has 1 aromatic rings. The molecule has 0 spiro atoms. The van der Waals surface area contributed by atoms with Gasteiger partial charge in [0.1, 0.15) is 0 Å². The summed E-state index contributed by atoms with van der Waals surface area (Å²) < 4.78 is 38.4. The number of carbonyl (C=O) groups excluding carboxylic acids is 2. The molecule has 1 aliphatic rings. The number of hydrogen-bond donors (Lipinski definition) is 2. The number of alkyl halides is 3. The van der Waals surface area contributed by atoms with Crippen molar-refractivity contribution in [1.29, 1.82) is 0 Å². The Kier molecular flexibility index (Phi) is 7.82. The van der Waals surface area contributed by atoms with Crippen molar-refractivity contribution in [3.8, 4) is 0 Å². The molecule has 3 amide bonds. The van der Waals surface area contributed by atoms with Crippen molar-refractivity contribution in [3.05, 3.63) is 35.4 Å². The summed E-state index contributed by atoms with van der Waals surface area (Å²) in [6.45, 7) is 6.84. The van der Waals surface area contributed by atoms with E-state index in [4.69, 9.17) is 0 Å². The molecule has 1 fully saturated rings. The van der Waals surface area contributed by atoms with Crippen LogP contribution in [0.5, 0.6) is 0 Å². The third kappa shape index (κ3) is 7.12. The third-order valence-corrected chi connectivity index (χ3v) is 4.74. The van der Waals surface area contributed by atoms with Crippen molar-refractivity contribution in [3.63, 3.8) is 0 Å². The average Bonchev–Trinajstić information content (AvgIpc) is 2.62. The van der Waals surface area contributed by atoms with Crippen molar-refractivity contribution >= 4 is 11.9 Å². The van der Waals surface area contributed by atoms with Gasteiger partial charge in [-0.05, 0) is 25.0 Å². The summed E-state index contributed by atoms with van der Waals surface area (Å²) in [4.78, 5) is 27.6. The second-order valence-corrected chi connectivity index (χ2v) is 7.08. The van der Waals surface area contributed by atoms with Crippen molar-refractivity contribution in [2.75, 3.05) is 32.7 Å². The summed E-state index contributed by atoms with van der Waals surface area (Å²) in [6, 6.07) is 4.84. The fourth-order valence-electron chi connectivity index (χ4n) is 2.94. The molecule has 1 atom stereocenters. The predicted octanol–water partition coefficient (Wildman–Crippen LogP) is 2.45. The molecule has 1 aromatic carbocycles. The monoisotopic (exact) mass is 400 g/mol. The second-order valence-electron chi connectivity index (χ2n) is 7.08. The largest absolute Gasteiger partial charge is 0.416 e. The summed E-state index contributed by atoms with van der Waals surface area (Å²) in [5.41, 5.74) is -0.0290. The number of halogens is 3. The molecule has 1 heterocycles. The molecule has 1 aliphatic heterocycles. The Morgan fingerprint density at radius 3 is 2.39 bits per heavy atom. The summed E-state index contributed by atoms with van der Waals surface area (Å²) in [6.07, 6.45) is -3.57. The van der Waals surface area contributed by atoms with Crippen molar-refractivity contribution in [2.45, 2.75) is 39.0 Å². The third-order valence-electron chi connectivity index (χ3n) is 4.74. The van der Waals surface area contributed by atoms with E-state index >= 15 is 0 Å². The lowest BCUT2D eigenvalue weighted by molar-refractivity contribution is -0.137. The molecule has 0 radical (unpaired) electrons. The van der Waals surface area contributed by atoms with Gasteiger partial charge in [-0.1, -0.05) is 25.1 Å². The standard InChI is InChI=1S/C19H27F3N4O2/c1-3-14(2)23-18(28)24-17(27)13-26-9-7-25(8-10-26)12-15-5-4-6-16(11-15)19(20,21)22/h4-6,11,14H,3,7-10,12-13H2,1-2H3,(H2,23,24,27,28)/t14-/m1/s1. The topological polar surface area (TPSA) is 64.7 Å². The van der Waals surface area contributed by atoms with Crippen LogP contribution in [0.15, 0.2) is 24.3 Å². The first-order valence-electron chi connectivity index (χ1n) is 9.38. The number of nitrogens with one attached hydrogen (secondary N) is 2. The summed E-state index contributed by atoms with van der Waals surface area (Å²) in [5, 5.41) is 4.98. The van der Waals surface area contributed by atoms with Crippen LogP contribution in [0.3, 0.4) is 0 Å². The fraction of sp³-hybridized carbons (Fsp3) is 0.579. The van der Waals surface area contributed by atoms with Gasteiger partial charge in [0, 0.05) is 38.8 Å². The Hall–Kier alpha value is -2.13. The molecule has 6 nitrogen and oxygen atoms in total. The van der Waals surface area contributed by atoms with E-state index in [1.54, 1.807) is 6.07 Å². The Morgan fingerprint density at radius 2 is 1.79 bits per heavy atom. The van der Waals surface area contributed by atoms with Gasteiger partial charge >= 0.3 is 12.2 Å². The lowest BCUT2D eigenvalue weighted by Gasteiger charge is -2.34. The van der Waals surface area contributed by atoms with E-state index in [1.165, 1.54) is 12.1 Å². The molecule has 28 heavy (non-hydrogen) atoms. The van der Waals surface area contributed by atoms with Crippen LogP contribution in [-0.4, -0.2) is 60.5 Å². The van der Waals surface area contributed by atoms with Crippen LogP contribution in [0.25, 0.3) is 0 Å². The number of nitrogens with zero attached hydrogens (tertiary/aromatic N) is 2. The number of urea groups is 1. The number of carbonyl (C=O) groups is 2. The maximum Gasteiger partial charge on any atom is 0.416 e. The quantitative estimate of drug-likeness (QED) is 0.770. The van der Waals surface area contributed by atoms with Crippen LogP contribution in [0.1, 0.15) is 31.4 Å². The first kappa shape index (κ1) is 22.2. The minimum absolute atomic E-state index is 0.00723. The van der Waals surface area contributed by atoms with Gasteiger partial charge in [-0.25, -0.2) is 4.79 Å². The van der Waals surface area contributed by atoms with E-state index in [2.05, 4.69) is 15.5 Å². The van der Waals surface area contributed by atoms with E-state index in [9.17, 15) is 22.8 Å². The number of amides is 3. The lowest BCUT2D eigenvalue weighted by Crippen LogP contribution is -2.51. The molecule has 0 aromatic heterocycles. The molecule has 0 saturated carbocycles. The SMILES string of the molecule is CC[C@@H](C)NC(=O)NC(=O)CN1CCN(Cc2cccc(C(F)(F)F)c2)CC1. The maximum atomic E-state index is 12.8. The Balaban J connectivity index is 1.75. The van der Waals surface area contributed by atoms with E-state index in [1.807, 2.05) is 18.7 Å². The summed E-state index contributed by atoms with van der Waals surface area (Å²) >= 11 is 0. The number of hydrogen-bond acceptors (Lipinski definition) is 4. The van der Waals surface area contributed by atoms with Gasteiger partial charge in [0.05, 0.1) is 12.1 Å². The van der Waals surface area contributed by atoms with Crippen LogP contribution >= 0.6 is 0 Å². The highest BCUT2D eigenvalue weighted by Gasteiger charge is 2.30.